The maximum absolute atomic E-state index is 11.0. The third-order valence-electron chi connectivity index (χ3n) is 3.19. The molecule has 13 heavy (non-hydrogen) atoms. The molecule has 0 aromatic heterocycles. The zero-order valence-electron chi connectivity index (χ0n) is 7.32. The van der Waals surface area contributed by atoms with Gasteiger partial charge in [-0.25, -0.2) is 4.79 Å². The molecule has 0 aromatic rings. The van der Waals surface area contributed by atoms with Crippen LogP contribution in [0.3, 0.4) is 0 Å². The van der Waals surface area contributed by atoms with E-state index in [1.807, 2.05) is 0 Å². The fourth-order valence-corrected chi connectivity index (χ4v) is 2.22. The van der Waals surface area contributed by atoms with E-state index in [1.165, 1.54) is 6.42 Å². The van der Waals surface area contributed by atoms with Crippen LogP contribution in [0.1, 0.15) is 25.7 Å². The van der Waals surface area contributed by atoms with Crippen LogP contribution in [0.15, 0.2) is 0 Å². The van der Waals surface area contributed by atoms with Gasteiger partial charge in [0.2, 0.25) is 5.91 Å². The molecule has 1 saturated carbocycles. The van der Waals surface area contributed by atoms with E-state index in [1.54, 1.807) is 0 Å². The maximum Gasteiger partial charge on any atom is 0.326 e. The zero-order valence-corrected chi connectivity index (χ0v) is 7.32. The van der Waals surface area contributed by atoms with Gasteiger partial charge in [0, 0.05) is 12.3 Å². The number of hydrogen-bond acceptors (Lipinski definition) is 2. The Morgan fingerprint density at radius 3 is 2.62 bits per heavy atom. The Bertz CT molecular complexity index is 247. The summed E-state index contributed by atoms with van der Waals surface area (Å²) in [5.74, 6) is -0.495. The van der Waals surface area contributed by atoms with E-state index in [2.05, 4.69) is 5.32 Å². The number of carbonyl (C=O) groups excluding carboxylic acids is 1. The van der Waals surface area contributed by atoms with Crippen molar-refractivity contribution in [3.63, 3.8) is 0 Å². The highest BCUT2D eigenvalue weighted by molar-refractivity contribution is 5.88. The molecule has 2 unspecified atom stereocenters. The monoisotopic (exact) mass is 183 g/mol. The van der Waals surface area contributed by atoms with Crippen LogP contribution in [0.4, 0.5) is 0 Å². The first-order valence-corrected chi connectivity index (χ1v) is 4.70. The Kier molecular flexibility index (Phi) is 1.98. The molecule has 1 aliphatic heterocycles. The number of carboxylic acid groups (broad SMARTS) is 1. The van der Waals surface area contributed by atoms with Gasteiger partial charge in [0.1, 0.15) is 6.04 Å². The van der Waals surface area contributed by atoms with Crippen LogP contribution in [0, 0.1) is 11.8 Å². The molecule has 72 valence electrons. The molecule has 0 radical (unpaired) electrons. The summed E-state index contributed by atoms with van der Waals surface area (Å²) >= 11 is 0. The minimum absolute atomic E-state index is 0.0405. The summed E-state index contributed by atoms with van der Waals surface area (Å²) in [6.45, 7) is 0. The summed E-state index contributed by atoms with van der Waals surface area (Å²) in [4.78, 5) is 21.8. The molecule has 0 spiro atoms. The van der Waals surface area contributed by atoms with Crippen molar-refractivity contribution < 1.29 is 14.7 Å². The zero-order chi connectivity index (χ0) is 9.42. The van der Waals surface area contributed by atoms with Gasteiger partial charge in [0.25, 0.3) is 0 Å². The molecule has 2 N–H and O–H groups in total. The van der Waals surface area contributed by atoms with Crippen LogP contribution >= 0.6 is 0 Å². The molecule has 2 atom stereocenters. The van der Waals surface area contributed by atoms with E-state index in [9.17, 15) is 9.59 Å². The van der Waals surface area contributed by atoms with E-state index >= 15 is 0 Å². The lowest BCUT2D eigenvalue weighted by Crippen LogP contribution is -2.40. The number of carbonyl (C=O) groups is 2. The van der Waals surface area contributed by atoms with Gasteiger partial charge < -0.3 is 10.4 Å². The third-order valence-corrected chi connectivity index (χ3v) is 3.19. The van der Waals surface area contributed by atoms with E-state index < -0.39 is 12.0 Å². The summed E-state index contributed by atoms with van der Waals surface area (Å²) in [5, 5.41) is 11.4. The highest BCUT2D eigenvalue weighted by Gasteiger charge is 2.43. The van der Waals surface area contributed by atoms with Gasteiger partial charge in [0.05, 0.1) is 0 Å². The molecule has 4 nitrogen and oxygen atoms in total. The van der Waals surface area contributed by atoms with E-state index in [4.69, 9.17) is 5.11 Å². The van der Waals surface area contributed by atoms with Crippen molar-refractivity contribution >= 4 is 11.9 Å². The van der Waals surface area contributed by atoms with Gasteiger partial charge in [0.15, 0.2) is 0 Å². The van der Waals surface area contributed by atoms with Crippen LogP contribution in [-0.2, 0) is 9.59 Å². The van der Waals surface area contributed by atoms with Crippen molar-refractivity contribution in [2.45, 2.75) is 31.7 Å². The Balaban J connectivity index is 2.06. The van der Waals surface area contributed by atoms with Gasteiger partial charge in [-0.05, 0) is 5.92 Å². The first-order valence-electron chi connectivity index (χ1n) is 4.70. The molecule has 0 aromatic carbocycles. The lowest BCUT2D eigenvalue weighted by molar-refractivity contribution is -0.141. The van der Waals surface area contributed by atoms with Crippen LogP contribution in [-0.4, -0.2) is 23.0 Å². The number of aliphatic carboxylic acids is 1. The molecule has 2 aliphatic rings. The van der Waals surface area contributed by atoms with Crippen molar-refractivity contribution in [2.24, 2.45) is 11.8 Å². The topological polar surface area (TPSA) is 66.4 Å². The SMILES string of the molecule is O=C1CC(C2CCC2)C(C(=O)O)N1. The molecule has 4 heteroatoms. The quantitative estimate of drug-likeness (QED) is 0.650. The van der Waals surface area contributed by atoms with Crippen molar-refractivity contribution in [3.05, 3.63) is 0 Å². The minimum atomic E-state index is -0.886. The second kappa shape index (κ2) is 3.01. The average Bonchev–Trinajstić information content (AvgIpc) is 2.27. The highest BCUT2D eigenvalue weighted by Crippen LogP contribution is 2.39. The summed E-state index contributed by atoms with van der Waals surface area (Å²) in [6.07, 6.45) is 3.76. The molecule has 2 fully saturated rings. The van der Waals surface area contributed by atoms with E-state index in [0.717, 1.165) is 12.8 Å². The molecule has 0 bridgehead atoms. The summed E-state index contributed by atoms with van der Waals surface area (Å²) < 4.78 is 0. The molecule has 1 saturated heterocycles. The number of hydrogen-bond donors (Lipinski definition) is 2. The average molecular weight is 183 g/mol. The fraction of sp³-hybridized carbons (Fsp3) is 0.778. The number of nitrogens with one attached hydrogen (secondary N) is 1. The smallest absolute Gasteiger partial charge is 0.326 e. The normalized spacial score (nSPS) is 34.0. The van der Waals surface area contributed by atoms with Crippen molar-refractivity contribution in [1.29, 1.82) is 0 Å². The van der Waals surface area contributed by atoms with E-state index in [-0.39, 0.29) is 11.8 Å². The molecule has 1 aliphatic carbocycles. The van der Waals surface area contributed by atoms with Crippen molar-refractivity contribution in [2.75, 3.05) is 0 Å². The Labute approximate surface area is 76.3 Å². The van der Waals surface area contributed by atoms with Crippen LogP contribution < -0.4 is 5.32 Å². The van der Waals surface area contributed by atoms with Crippen molar-refractivity contribution in [1.82, 2.24) is 5.32 Å². The molecule has 2 rings (SSSR count). The molecule has 1 amide bonds. The van der Waals surface area contributed by atoms with Gasteiger partial charge >= 0.3 is 5.97 Å². The van der Waals surface area contributed by atoms with Gasteiger partial charge in [-0.1, -0.05) is 19.3 Å². The first kappa shape index (κ1) is 8.53. The Morgan fingerprint density at radius 1 is 1.46 bits per heavy atom. The first-order chi connectivity index (χ1) is 6.18. The fourth-order valence-electron chi connectivity index (χ4n) is 2.22. The second-order valence-corrected chi connectivity index (χ2v) is 3.94. The molecular formula is C9H13NO3. The number of carboxylic acids is 1. The predicted molar refractivity (Wildman–Crippen MR) is 45.0 cm³/mol. The molecule has 1 heterocycles. The maximum atomic E-state index is 11.0. The summed E-state index contributed by atoms with van der Waals surface area (Å²) in [6, 6.07) is -0.627. The van der Waals surface area contributed by atoms with Gasteiger partial charge in [-0.15, -0.1) is 0 Å². The lowest BCUT2D eigenvalue weighted by Gasteiger charge is -2.32. The van der Waals surface area contributed by atoms with Crippen molar-refractivity contribution in [3.8, 4) is 0 Å². The third kappa shape index (κ3) is 1.41. The standard InChI is InChI=1S/C9H13NO3/c11-7-4-6(5-2-1-3-5)8(10-7)9(12)13/h5-6,8H,1-4H2,(H,10,11)(H,12,13). The van der Waals surface area contributed by atoms with Crippen LogP contribution in [0.25, 0.3) is 0 Å². The summed E-state index contributed by atoms with van der Waals surface area (Å²) in [7, 11) is 0. The Morgan fingerprint density at radius 2 is 2.15 bits per heavy atom. The second-order valence-electron chi connectivity index (χ2n) is 3.94. The van der Waals surface area contributed by atoms with Gasteiger partial charge in [-0.2, -0.15) is 0 Å². The number of rotatable bonds is 2. The Hall–Kier alpha value is -1.06. The molecular weight excluding hydrogens is 170 g/mol. The predicted octanol–water partition coefficient (Wildman–Crippen LogP) is 0.376. The van der Waals surface area contributed by atoms with E-state index in [0.29, 0.717) is 12.3 Å². The summed E-state index contributed by atoms with van der Waals surface area (Å²) in [5.41, 5.74) is 0. The van der Waals surface area contributed by atoms with Crippen LogP contribution in [0.5, 0.6) is 0 Å². The van der Waals surface area contributed by atoms with Crippen LogP contribution in [0.2, 0.25) is 0 Å². The largest absolute Gasteiger partial charge is 0.480 e. The van der Waals surface area contributed by atoms with Gasteiger partial charge in [-0.3, -0.25) is 4.79 Å². The number of amides is 1. The highest BCUT2D eigenvalue weighted by atomic mass is 16.4. The lowest BCUT2D eigenvalue weighted by atomic mass is 9.73. The minimum Gasteiger partial charge on any atom is -0.480 e.